The van der Waals surface area contributed by atoms with Crippen molar-refractivity contribution in [3.63, 3.8) is 0 Å². The number of benzene rings is 2. The molecule has 2 nitrogen and oxygen atoms in total. The number of methoxy groups -OCH3 is 1. The van der Waals surface area contributed by atoms with E-state index in [-0.39, 0.29) is 6.04 Å². The highest BCUT2D eigenvalue weighted by atomic mass is 79.9. The fraction of sp³-hybridized carbons (Fsp3) is 0.333. The van der Waals surface area contributed by atoms with Crippen LogP contribution in [0.15, 0.2) is 40.9 Å². The van der Waals surface area contributed by atoms with Gasteiger partial charge in [-0.15, -0.1) is 0 Å². The van der Waals surface area contributed by atoms with Crippen LogP contribution in [0.1, 0.15) is 35.2 Å². The van der Waals surface area contributed by atoms with Crippen molar-refractivity contribution < 1.29 is 4.74 Å². The lowest BCUT2D eigenvalue weighted by molar-refractivity contribution is 0.404. The summed E-state index contributed by atoms with van der Waals surface area (Å²) < 4.78 is 6.63. The largest absolute Gasteiger partial charge is 0.496 e. The molecular weight excluding hydrogens is 326 g/mol. The van der Waals surface area contributed by atoms with Crippen molar-refractivity contribution in [3.05, 3.63) is 63.1 Å². The van der Waals surface area contributed by atoms with Crippen molar-refractivity contribution in [3.8, 4) is 5.75 Å². The van der Waals surface area contributed by atoms with E-state index in [9.17, 15) is 0 Å². The van der Waals surface area contributed by atoms with Gasteiger partial charge < -0.3 is 10.1 Å². The molecule has 0 aromatic heterocycles. The molecule has 0 heterocycles. The van der Waals surface area contributed by atoms with Crippen LogP contribution >= 0.6 is 15.9 Å². The van der Waals surface area contributed by atoms with Gasteiger partial charge in [-0.2, -0.15) is 0 Å². The maximum Gasteiger partial charge on any atom is 0.124 e. The van der Waals surface area contributed by atoms with Crippen LogP contribution in [0.25, 0.3) is 0 Å². The highest BCUT2D eigenvalue weighted by Crippen LogP contribution is 2.35. The molecule has 0 radical (unpaired) electrons. The van der Waals surface area contributed by atoms with E-state index in [1.807, 2.05) is 12.1 Å². The molecule has 2 aromatic rings. The minimum absolute atomic E-state index is 0.128. The van der Waals surface area contributed by atoms with Crippen molar-refractivity contribution in [1.29, 1.82) is 0 Å². The Kier molecular flexibility index (Phi) is 5.43. The smallest absolute Gasteiger partial charge is 0.124 e. The second-order valence-corrected chi connectivity index (χ2v) is 6.10. The molecule has 0 amide bonds. The molecule has 0 aliphatic rings. The van der Waals surface area contributed by atoms with Crippen molar-refractivity contribution in [2.45, 2.75) is 26.8 Å². The first-order valence-corrected chi connectivity index (χ1v) is 8.00. The molecule has 0 fully saturated rings. The summed E-state index contributed by atoms with van der Waals surface area (Å²) in [5.41, 5.74) is 5.08. The third-order valence-electron chi connectivity index (χ3n) is 3.74. The monoisotopic (exact) mass is 347 g/mol. The van der Waals surface area contributed by atoms with Crippen molar-refractivity contribution in [1.82, 2.24) is 5.32 Å². The highest BCUT2D eigenvalue weighted by Gasteiger charge is 2.21. The van der Waals surface area contributed by atoms with Crippen LogP contribution in [-0.4, -0.2) is 13.7 Å². The summed E-state index contributed by atoms with van der Waals surface area (Å²) in [6, 6.07) is 12.7. The fourth-order valence-electron chi connectivity index (χ4n) is 2.79. The number of hydrogen-bond donors (Lipinski definition) is 1. The Morgan fingerprint density at radius 3 is 2.38 bits per heavy atom. The van der Waals surface area contributed by atoms with Crippen LogP contribution in [0, 0.1) is 13.8 Å². The van der Waals surface area contributed by atoms with Gasteiger partial charge in [-0.25, -0.2) is 0 Å². The first-order valence-electron chi connectivity index (χ1n) is 7.21. The van der Waals surface area contributed by atoms with Crippen molar-refractivity contribution >= 4 is 15.9 Å². The second-order valence-electron chi connectivity index (χ2n) is 5.18. The second kappa shape index (κ2) is 7.10. The number of aryl methyl sites for hydroxylation is 2. The molecule has 0 bridgehead atoms. The van der Waals surface area contributed by atoms with Gasteiger partial charge in [0, 0.05) is 10.0 Å². The van der Waals surface area contributed by atoms with Crippen molar-refractivity contribution in [2.24, 2.45) is 0 Å². The molecule has 0 aliphatic heterocycles. The summed E-state index contributed by atoms with van der Waals surface area (Å²) in [6.07, 6.45) is 0. The number of rotatable bonds is 5. The lowest BCUT2D eigenvalue weighted by Crippen LogP contribution is -2.24. The van der Waals surface area contributed by atoms with Gasteiger partial charge in [0.1, 0.15) is 5.75 Å². The molecule has 21 heavy (non-hydrogen) atoms. The number of halogens is 1. The van der Waals surface area contributed by atoms with E-state index in [0.717, 1.165) is 22.3 Å². The Morgan fingerprint density at radius 2 is 1.81 bits per heavy atom. The van der Waals surface area contributed by atoms with Crippen LogP contribution in [0.3, 0.4) is 0 Å². The summed E-state index contributed by atoms with van der Waals surface area (Å²) in [4.78, 5) is 0. The minimum atomic E-state index is 0.128. The quantitative estimate of drug-likeness (QED) is 0.840. The molecule has 2 rings (SSSR count). The van der Waals surface area contributed by atoms with Gasteiger partial charge in [-0.3, -0.25) is 0 Å². The summed E-state index contributed by atoms with van der Waals surface area (Å²) >= 11 is 3.57. The zero-order valence-electron chi connectivity index (χ0n) is 13.0. The summed E-state index contributed by atoms with van der Waals surface area (Å²) in [5, 5.41) is 3.60. The topological polar surface area (TPSA) is 21.3 Å². The molecule has 0 aliphatic carbocycles. The van der Waals surface area contributed by atoms with Gasteiger partial charge in [0.2, 0.25) is 0 Å². The van der Waals surface area contributed by atoms with E-state index >= 15 is 0 Å². The Bertz CT molecular complexity index is 604. The van der Waals surface area contributed by atoms with Crippen molar-refractivity contribution in [2.75, 3.05) is 13.7 Å². The van der Waals surface area contributed by atoms with Gasteiger partial charge in [0.05, 0.1) is 13.2 Å². The molecule has 1 unspecified atom stereocenters. The first-order chi connectivity index (χ1) is 10.1. The highest BCUT2D eigenvalue weighted by molar-refractivity contribution is 9.10. The Hall–Kier alpha value is -1.32. The van der Waals surface area contributed by atoms with Crippen LogP contribution in [-0.2, 0) is 0 Å². The van der Waals surface area contributed by atoms with E-state index in [2.05, 4.69) is 66.3 Å². The molecule has 1 N–H and O–H groups in total. The van der Waals surface area contributed by atoms with Crippen LogP contribution in [0.5, 0.6) is 5.75 Å². The Labute approximate surface area is 135 Å². The predicted octanol–water partition coefficient (Wildman–Crippen LogP) is 4.77. The van der Waals surface area contributed by atoms with E-state index < -0.39 is 0 Å². The van der Waals surface area contributed by atoms with Gasteiger partial charge in [0.15, 0.2) is 0 Å². The van der Waals surface area contributed by atoms with E-state index in [0.29, 0.717) is 0 Å². The van der Waals surface area contributed by atoms with Gasteiger partial charge in [-0.1, -0.05) is 41.1 Å². The molecule has 0 spiro atoms. The average Bonchev–Trinajstić information content (AvgIpc) is 2.46. The zero-order valence-corrected chi connectivity index (χ0v) is 14.6. The fourth-order valence-corrected chi connectivity index (χ4v) is 3.16. The lowest BCUT2D eigenvalue weighted by atomic mass is 9.91. The van der Waals surface area contributed by atoms with E-state index in [1.54, 1.807) is 7.11 Å². The molecule has 0 saturated heterocycles. The van der Waals surface area contributed by atoms with E-state index in [4.69, 9.17) is 4.74 Å². The first kappa shape index (κ1) is 16.1. The molecule has 3 heteroatoms. The summed E-state index contributed by atoms with van der Waals surface area (Å²) in [6.45, 7) is 7.35. The molecule has 0 saturated carbocycles. The van der Waals surface area contributed by atoms with Crippen LogP contribution in [0.4, 0.5) is 0 Å². The normalized spacial score (nSPS) is 12.2. The van der Waals surface area contributed by atoms with Gasteiger partial charge in [-0.05, 0) is 55.3 Å². The Balaban J connectivity index is 2.61. The predicted molar refractivity (Wildman–Crippen MR) is 92.1 cm³/mol. The third kappa shape index (κ3) is 3.47. The minimum Gasteiger partial charge on any atom is -0.496 e. The Morgan fingerprint density at radius 1 is 1.14 bits per heavy atom. The van der Waals surface area contributed by atoms with Crippen LogP contribution < -0.4 is 10.1 Å². The standard InChI is InChI=1S/C18H22BrNO/c1-5-20-18(17-12(2)7-6-8-13(17)3)15-11-14(19)9-10-16(15)21-4/h6-11,18,20H,5H2,1-4H3. The molecule has 2 aromatic carbocycles. The molecule has 112 valence electrons. The summed E-state index contributed by atoms with van der Waals surface area (Å²) in [5.74, 6) is 0.909. The number of ether oxygens (including phenoxy) is 1. The maximum absolute atomic E-state index is 5.57. The third-order valence-corrected chi connectivity index (χ3v) is 4.24. The number of nitrogens with one attached hydrogen (secondary N) is 1. The van der Waals surface area contributed by atoms with Crippen LogP contribution in [0.2, 0.25) is 0 Å². The molecular formula is C18H22BrNO. The summed E-state index contributed by atoms with van der Waals surface area (Å²) in [7, 11) is 1.72. The maximum atomic E-state index is 5.57. The average molecular weight is 348 g/mol. The zero-order chi connectivity index (χ0) is 15.4. The number of hydrogen-bond acceptors (Lipinski definition) is 2. The SMILES string of the molecule is CCNC(c1cc(Br)ccc1OC)c1c(C)cccc1C. The van der Waals surface area contributed by atoms with Gasteiger partial charge in [0.25, 0.3) is 0 Å². The lowest BCUT2D eigenvalue weighted by Gasteiger charge is -2.25. The molecule has 1 atom stereocenters. The van der Waals surface area contributed by atoms with E-state index in [1.165, 1.54) is 16.7 Å². The van der Waals surface area contributed by atoms with Gasteiger partial charge >= 0.3 is 0 Å².